The first-order valence-corrected chi connectivity index (χ1v) is 5.37. The van der Waals surface area contributed by atoms with Crippen molar-refractivity contribution in [1.82, 2.24) is 19.7 Å². The smallest absolute Gasteiger partial charge is 0.224 e. The summed E-state index contributed by atoms with van der Waals surface area (Å²) in [6.07, 6.45) is 2.67. The van der Waals surface area contributed by atoms with Crippen LogP contribution >= 0.6 is 0 Å². The minimum atomic E-state index is -0.652. The fourth-order valence-corrected chi connectivity index (χ4v) is 1.41. The molecule has 7 heteroatoms. The molecule has 0 saturated carbocycles. The third-order valence-electron chi connectivity index (χ3n) is 2.29. The third-order valence-corrected chi connectivity index (χ3v) is 2.29. The molecule has 1 N–H and O–H groups in total. The maximum absolute atomic E-state index is 11.7. The molecule has 0 spiro atoms. The molecule has 1 unspecified atom stereocenters. The molecule has 0 aliphatic heterocycles. The molecule has 1 amide bonds. The Morgan fingerprint density at radius 3 is 3.00 bits per heavy atom. The van der Waals surface area contributed by atoms with Crippen LogP contribution in [0.2, 0.25) is 0 Å². The maximum atomic E-state index is 11.7. The van der Waals surface area contributed by atoms with Crippen LogP contribution in [0.15, 0.2) is 12.7 Å². The number of aromatic nitrogens is 3. The normalized spacial score (nSPS) is 12.4. The molecule has 17 heavy (non-hydrogen) atoms. The van der Waals surface area contributed by atoms with Crippen molar-refractivity contribution >= 4 is 5.91 Å². The van der Waals surface area contributed by atoms with Crippen molar-refractivity contribution in [3.8, 4) is 0 Å². The highest BCUT2D eigenvalue weighted by Gasteiger charge is 2.13. The number of hydrogen-bond acceptors (Lipinski definition) is 5. The first-order chi connectivity index (χ1) is 8.13. The van der Waals surface area contributed by atoms with E-state index >= 15 is 0 Å². The first kappa shape index (κ1) is 13.6. The molecule has 0 aromatic carbocycles. The van der Waals surface area contributed by atoms with Crippen molar-refractivity contribution in [3.63, 3.8) is 0 Å². The van der Waals surface area contributed by atoms with Crippen molar-refractivity contribution in [3.05, 3.63) is 12.7 Å². The fraction of sp³-hybridized carbons (Fsp3) is 0.700. The van der Waals surface area contributed by atoms with Crippen molar-refractivity contribution in [2.75, 3.05) is 27.3 Å². The van der Waals surface area contributed by atoms with E-state index in [2.05, 4.69) is 10.1 Å². The Morgan fingerprint density at radius 1 is 1.65 bits per heavy atom. The zero-order valence-corrected chi connectivity index (χ0v) is 10.1. The number of amides is 1. The van der Waals surface area contributed by atoms with Gasteiger partial charge in [-0.2, -0.15) is 5.10 Å². The van der Waals surface area contributed by atoms with Crippen LogP contribution in [0, 0.1) is 0 Å². The molecule has 1 rings (SSSR count). The number of aryl methyl sites for hydroxylation is 1. The van der Waals surface area contributed by atoms with Gasteiger partial charge in [0, 0.05) is 27.1 Å². The standard InChI is InChI=1S/C10H18N4O3/c1-13(5-9(15)6-17-2)10(16)3-4-14-8-11-7-12-14/h7-9,15H,3-6H2,1-2H3. The summed E-state index contributed by atoms with van der Waals surface area (Å²) >= 11 is 0. The number of carbonyl (C=O) groups excluding carboxylic acids is 1. The molecule has 0 aliphatic carbocycles. The lowest BCUT2D eigenvalue weighted by atomic mass is 10.3. The average Bonchev–Trinajstić information content (AvgIpc) is 2.78. The van der Waals surface area contributed by atoms with E-state index in [0.717, 1.165) is 0 Å². The summed E-state index contributed by atoms with van der Waals surface area (Å²) in [5.74, 6) is -0.0457. The highest BCUT2D eigenvalue weighted by molar-refractivity contribution is 5.75. The summed E-state index contributed by atoms with van der Waals surface area (Å²) in [6.45, 7) is 0.980. The van der Waals surface area contributed by atoms with Crippen LogP contribution < -0.4 is 0 Å². The third kappa shape index (κ3) is 4.92. The van der Waals surface area contributed by atoms with Gasteiger partial charge in [-0.1, -0.05) is 0 Å². The van der Waals surface area contributed by atoms with Crippen LogP contribution in [0.5, 0.6) is 0 Å². The molecule has 7 nitrogen and oxygen atoms in total. The molecule has 96 valence electrons. The zero-order chi connectivity index (χ0) is 12.7. The van der Waals surface area contributed by atoms with Gasteiger partial charge in [-0.15, -0.1) is 0 Å². The van der Waals surface area contributed by atoms with Crippen molar-refractivity contribution in [2.45, 2.75) is 19.1 Å². The number of nitrogens with zero attached hydrogens (tertiary/aromatic N) is 4. The van der Waals surface area contributed by atoms with E-state index in [1.54, 1.807) is 18.1 Å². The Balaban J connectivity index is 2.27. The van der Waals surface area contributed by atoms with Gasteiger partial charge in [0.05, 0.1) is 19.3 Å². The van der Waals surface area contributed by atoms with Gasteiger partial charge < -0.3 is 14.7 Å². The van der Waals surface area contributed by atoms with Crippen LogP contribution in [0.4, 0.5) is 0 Å². The van der Waals surface area contributed by atoms with Crippen LogP contribution in [-0.2, 0) is 16.1 Å². The first-order valence-electron chi connectivity index (χ1n) is 5.37. The minimum absolute atomic E-state index is 0.0457. The maximum Gasteiger partial charge on any atom is 0.224 e. The average molecular weight is 242 g/mol. The number of methoxy groups -OCH3 is 1. The Hall–Kier alpha value is -1.47. The van der Waals surface area contributed by atoms with Gasteiger partial charge in [0.2, 0.25) is 5.91 Å². The van der Waals surface area contributed by atoms with E-state index in [0.29, 0.717) is 13.0 Å². The summed E-state index contributed by atoms with van der Waals surface area (Å²) in [6, 6.07) is 0. The predicted molar refractivity (Wildman–Crippen MR) is 60.2 cm³/mol. The predicted octanol–water partition coefficient (Wildman–Crippen LogP) is -0.866. The molecule has 0 radical (unpaired) electrons. The summed E-state index contributed by atoms with van der Waals surface area (Å²) in [5.41, 5.74) is 0. The lowest BCUT2D eigenvalue weighted by Gasteiger charge is -2.20. The molecule has 1 atom stereocenters. The Labute approximate surface area is 100 Å². The molecule has 1 heterocycles. The Morgan fingerprint density at radius 2 is 2.41 bits per heavy atom. The number of rotatable bonds is 7. The number of ether oxygens (including phenoxy) is 1. The Bertz CT molecular complexity index is 328. The second-order valence-electron chi connectivity index (χ2n) is 3.79. The van der Waals surface area contributed by atoms with E-state index in [1.807, 2.05) is 0 Å². The highest BCUT2D eigenvalue weighted by Crippen LogP contribution is 1.96. The van der Waals surface area contributed by atoms with Crippen molar-refractivity contribution < 1.29 is 14.6 Å². The quantitative estimate of drug-likeness (QED) is 0.672. The summed E-state index contributed by atoms with van der Waals surface area (Å²) in [5, 5.41) is 13.4. The van der Waals surface area contributed by atoms with Crippen LogP contribution in [0.1, 0.15) is 6.42 Å². The molecule has 1 aromatic heterocycles. The summed E-state index contributed by atoms with van der Waals surface area (Å²) < 4.78 is 6.39. The molecular weight excluding hydrogens is 224 g/mol. The number of aliphatic hydroxyl groups is 1. The van der Waals surface area contributed by atoms with Crippen LogP contribution in [-0.4, -0.2) is 64.1 Å². The highest BCUT2D eigenvalue weighted by atomic mass is 16.5. The number of likely N-dealkylation sites (N-methyl/N-ethyl adjacent to an activating group) is 1. The van der Waals surface area contributed by atoms with Gasteiger partial charge in [-0.25, -0.2) is 4.98 Å². The van der Waals surface area contributed by atoms with Crippen LogP contribution in [0.3, 0.4) is 0 Å². The van der Waals surface area contributed by atoms with Gasteiger partial charge >= 0.3 is 0 Å². The topological polar surface area (TPSA) is 80.5 Å². The molecule has 1 aromatic rings. The summed E-state index contributed by atoms with van der Waals surface area (Å²) in [4.78, 5) is 17.0. The zero-order valence-electron chi connectivity index (χ0n) is 10.1. The lowest BCUT2D eigenvalue weighted by molar-refractivity contribution is -0.131. The SMILES string of the molecule is COCC(O)CN(C)C(=O)CCn1cncn1. The minimum Gasteiger partial charge on any atom is -0.389 e. The van der Waals surface area contributed by atoms with Crippen molar-refractivity contribution in [1.29, 1.82) is 0 Å². The molecule has 0 aliphatic rings. The second kappa shape index (κ2) is 6.97. The van der Waals surface area contributed by atoms with Gasteiger partial charge in [0.25, 0.3) is 0 Å². The molecular formula is C10H18N4O3. The molecule has 0 bridgehead atoms. The van der Waals surface area contributed by atoms with E-state index in [-0.39, 0.29) is 19.1 Å². The molecule has 0 saturated heterocycles. The van der Waals surface area contributed by atoms with Crippen molar-refractivity contribution in [2.24, 2.45) is 0 Å². The van der Waals surface area contributed by atoms with E-state index in [9.17, 15) is 9.90 Å². The number of hydrogen-bond donors (Lipinski definition) is 1. The monoisotopic (exact) mass is 242 g/mol. The largest absolute Gasteiger partial charge is 0.389 e. The number of aliphatic hydroxyl groups excluding tert-OH is 1. The van der Waals surface area contributed by atoms with Gasteiger partial charge in [-0.3, -0.25) is 9.48 Å². The molecule has 0 fully saturated rings. The van der Waals surface area contributed by atoms with E-state index < -0.39 is 6.10 Å². The Kier molecular flexibility index (Phi) is 5.58. The summed E-state index contributed by atoms with van der Waals surface area (Å²) in [7, 11) is 3.16. The second-order valence-corrected chi connectivity index (χ2v) is 3.79. The number of carbonyl (C=O) groups is 1. The van der Waals surface area contributed by atoms with Gasteiger partial charge in [-0.05, 0) is 0 Å². The van der Waals surface area contributed by atoms with E-state index in [1.165, 1.54) is 18.3 Å². The fourth-order valence-electron chi connectivity index (χ4n) is 1.41. The lowest BCUT2D eigenvalue weighted by Crippen LogP contribution is -2.36. The van der Waals surface area contributed by atoms with Crippen LogP contribution in [0.25, 0.3) is 0 Å². The van der Waals surface area contributed by atoms with E-state index in [4.69, 9.17) is 4.74 Å². The van der Waals surface area contributed by atoms with Gasteiger partial charge in [0.15, 0.2) is 0 Å². The van der Waals surface area contributed by atoms with Gasteiger partial charge in [0.1, 0.15) is 12.7 Å².